The van der Waals surface area contributed by atoms with Gasteiger partial charge in [0.1, 0.15) is 0 Å². The predicted octanol–water partition coefficient (Wildman–Crippen LogP) is 3.67. The number of rotatable bonds is 3. The van der Waals surface area contributed by atoms with E-state index in [4.69, 9.17) is 0 Å². The van der Waals surface area contributed by atoms with Gasteiger partial charge in [-0.15, -0.1) is 11.8 Å². The minimum absolute atomic E-state index is 0.251. The molecule has 0 unspecified atom stereocenters. The van der Waals surface area contributed by atoms with Gasteiger partial charge in [0, 0.05) is 22.9 Å². The molecule has 0 aliphatic rings. The van der Waals surface area contributed by atoms with Crippen molar-refractivity contribution in [3.8, 4) is 0 Å². The normalized spacial score (nSPS) is 10.5. The molecule has 0 fully saturated rings. The summed E-state index contributed by atoms with van der Waals surface area (Å²) < 4.78 is 0. The van der Waals surface area contributed by atoms with Gasteiger partial charge in [0.2, 0.25) is 0 Å². The Bertz CT molecular complexity index is 335. The Kier molecular flexibility index (Phi) is 4.54. The molecule has 82 valence electrons. The van der Waals surface area contributed by atoms with Crippen molar-refractivity contribution in [2.24, 2.45) is 0 Å². The summed E-state index contributed by atoms with van der Waals surface area (Å²) in [6.07, 6.45) is 0. The van der Waals surface area contributed by atoms with Gasteiger partial charge in [-0.1, -0.05) is 26.5 Å². The molecule has 0 atom stereocenters. The third-order valence-electron chi connectivity index (χ3n) is 1.88. The Balaban J connectivity index is 2.76. The molecule has 0 radical (unpaired) electrons. The fourth-order valence-corrected chi connectivity index (χ4v) is 2.08. The van der Waals surface area contributed by atoms with E-state index in [-0.39, 0.29) is 5.24 Å². The molecule has 0 aromatic heterocycles. The van der Waals surface area contributed by atoms with Crippen LogP contribution in [-0.4, -0.2) is 17.5 Å². The number of amides is 1. The molecular weight excluding hydrogens is 226 g/mol. The molecule has 0 aliphatic heterocycles. The second-order valence-corrected chi connectivity index (χ2v) is 5.53. The fourth-order valence-electron chi connectivity index (χ4n) is 1.13. The van der Waals surface area contributed by atoms with Crippen molar-refractivity contribution in [1.29, 1.82) is 0 Å². The van der Waals surface area contributed by atoms with Gasteiger partial charge in [-0.25, -0.2) is 0 Å². The standard InChI is InChI=1S/C11H15NOS2/c1-8(2)15-10-6-4-9(5-7-10)12(3)11(13)14/h4-8H,1-3H3,(H,13,14). The third-order valence-corrected chi connectivity index (χ3v) is 3.20. The maximum absolute atomic E-state index is 11.0. The van der Waals surface area contributed by atoms with E-state index in [0.29, 0.717) is 5.25 Å². The number of hydrogen-bond donors (Lipinski definition) is 1. The number of carbonyl (C=O) groups excluding carboxylic acids is 1. The summed E-state index contributed by atoms with van der Waals surface area (Å²) in [5.41, 5.74) is 0.864. The molecule has 0 saturated carbocycles. The van der Waals surface area contributed by atoms with Crippen molar-refractivity contribution in [2.45, 2.75) is 24.0 Å². The lowest BCUT2D eigenvalue weighted by molar-refractivity contribution is 0.266. The van der Waals surface area contributed by atoms with Crippen molar-refractivity contribution >= 4 is 35.3 Å². The van der Waals surface area contributed by atoms with E-state index in [0.717, 1.165) is 5.69 Å². The highest BCUT2D eigenvalue weighted by Crippen LogP contribution is 2.25. The Morgan fingerprint density at radius 3 is 2.27 bits per heavy atom. The largest absolute Gasteiger partial charge is 0.307 e. The molecule has 1 amide bonds. The number of nitrogens with zero attached hydrogens (tertiary/aromatic N) is 1. The van der Waals surface area contributed by atoms with Gasteiger partial charge < -0.3 is 4.90 Å². The van der Waals surface area contributed by atoms with Crippen LogP contribution in [0.25, 0.3) is 0 Å². The maximum atomic E-state index is 11.0. The van der Waals surface area contributed by atoms with Crippen molar-refractivity contribution in [3.05, 3.63) is 24.3 Å². The van der Waals surface area contributed by atoms with Crippen LogP contribution < -0.4 is 4.90 Å². The summed E-state index contributed by atoms with van der Waals surface area (Å²) in [5, 5.41) is 0.319. The second kappa shape index (κ2) is 5.47. The Hall–Kier alpha value is -0.610. The van der Waals surface area contributed by atoms with Crippen molar-refractivity contribution in [2.75, 3.05) is 11.9 Å². The SMILES string of the molecule is CC(C)Sc1ccc(N(C)C(=O)S)cc1. The Labute approximate surface area is 100 Å². The number of thioether (sulfide) groups is 1. The quantitative estimate of drug-likeness (QED) is 0.643. The van der Waals surface area contributed by atoms with Crippen molar-refractivity contribution < 1.29 is 4.79 Å². The summed E-state index contributed by atoms with van der Waals surface area (Å²) in [7, 11) is 1.71. The molecule has 15 heavy (non-hydrogen) atoms. The lowest BCUT2D eigenvalue weighted by Gasteiger charge is -2.14. The summed E-state index contributed by atoms with van der Waals surface area (Å²) in [5.74, 6) is 0. The van der Waals surface area contributed by atoms with Crippen molar-refractivity contribution in [1.82, 2.24) is 0 Å². The molecule has 1 rings (SSSR count). The van der Waals surface area contributed by atoms with Gasteiger partial charge in [0.25, 0.3) is 5.24 Å². The first kappa shape index (κ1) is 12.5. The predicted molar refractivity (Wildman–Crippen MR) is 70.2 cm³/mol. The topological polar surface area (TPSA) is 20.3 Å². The van der Waals surface area contributed by atoms with E-state index >= 15 is 0 Å². The monoisotopic (exact) mass is 241 g/mol. The average molecular weight is 241 g/mol. The summed E-state index contributed by atoms with van der Waals surface area (Å²) in [4.78, 5) is 13.7. The average Bonchev–Trinajstić information content (AvgIpc) is 2.17. The molecule has 0 aliphatic carbocycles. The van der Waals surface area contributed by atoms with Crippen LogP contribution in [0.15, 0.2) is 29.2 Å². The zero-order valence-corrected chi connectivity index (χ0v) is 10.8. The van der Waals surface area contributed by atoms with Crippen LogP contribution in [0.1, 0.15) is 13.8 Å². The number of hydrogen-bond acceptors (Lipinski definition) is 2. The van der Waals surface area contributed by atoms with Gasteiger partial charge in [-0.3, -0.25) is 4.79 Å². The third kappa shape index (κ3) is 3.80. The number of carbonyl (C=O) groups is 1. The molecular formula is C11H15NOS2. The van der Waals surface area contributed by atoms with Crippen LogP contribution in [-0.2, 0) is 0 Å². The smallest absolute Gasteiger partial charge is 0.282 e. The number of benzene rings is 1. The minimum Gasteiger partial charge on any atom is -0.307 e. The zero-order chi connectivity index (χ0) is 11.4. The van der Waals surface area contributed by atoms with Gasteiger partial charge in [-0.05, 0) is 24.3 Å². The first-order valence-electron chi connectivity index (χ1n) is 4.74. The lowest BCUT2D eigenvalue weighted by Crippen LogP contribution is -2.19. The molecule has 0 heterocycles. The molecule has 0 saturated heterocycles. The van der Waals surface area contributed by atoms with Gasteiger partial charge in [-0.2, -0.15) is 0 Å². The first-order chi connectivity index (χ1) is 7.00. The molecule has 0 spiro atoms. The highest BCUT2D eigenvalue weighted by molar-refractivity contribution is 7.99. The summed E-state index contributed by atoms with van der Waals surface area (Å²) >= 11 is 5.57. The second-order valence-electron chi connectivity index (χ2n) is 3.50. The van der Waals surface area contributed by atoms with Crippen LogP contribution >= 0.6 is 24.4 Å². The highest BCUT2D eigenvalue weighted by Gasteiger charge is 2.06. The van der Waals surface area contributed by atoms with E-state index < -0.39 is 0 Å². The van der Waals surface area contributed by atoms with E-state index in [2.05, 4.69) is 26.5 Å². The minimum atomic E-state index is -0.251. The molecule has 1 aromatic rings. The molecule has 4 heteroatoms. The molecule has 0 N–H and O–H groups in total. The maximum Gasteiger partial charge on any atom is 0.282 e. The Morgan fingerprint density at radius 2 is 1.87 bits per heavy atom. The van der Waals surface area contributed by atoms with Crippen LogP contribution in [0, 0.1) is 0 Å². The molecule has 2 nitrogen and oxygen atoms in total. The van der Waals surface area contributed by atoms with Crippen LogP contribution in [0.5, 0.6) is 0 Å². The van der Waals surface area contributed by atoms with Crippen LogP contribution in [0.4, 0.5) is 10.5 Å². The highest BCUT2D eigenvalue weighted by atomic mass is 32.2. The van der Waals surface area contributed by atoms with E-state index in [1.54, 1.807) is 18.8 Å². The summed E-state index contributed by atoms with van der Waals surface area (Å²) in [6, 6.07) is 7.90. The lowest BCUT2D eigenvalue weighted by atomic mass is 10.3. The molecule has 0 bridgehead atoms. The van der Waals surface area contributed by atoms with E-state index in [1.807, 2.05) is 24.3 Å². The summed E-state index contributed by atoms with van der Waals surface area (Å²) in [6.45, 7) is 4.31. The zero-order valence-electron chi connectivity index (χ0n) is 9.10. The Morgan fingerprint density at radius 1 is 1.33 bits per heavy atom. The fraction of sp³-hybridized carbons (Fsp3) is 0.364. The number of anilines is 1. The number of thiol groups is 1. The van der Waals surface area contributed by atoms with Gasteiger partial charge in [0.15, 0.2) is 0 Å². The molecule has 1 aromatic carbocycles. The first-order valence-corrected chi connectivity index (χ1v) is 6.06. The van der Waals surface area contributed by atoms with Gasteiger partial charge in [0.05, 0.1) is 0 Å². The van der Waals surface area contributed by atoms with Gasteiger partial charge >= 0.3 is 0 Å². The van der Waals surface area contributed by atoms with Crippen LogP contribution in [0.2, 0.25) is 0 Å². The van der Waals surface area contributed by atoms with E-state index in [1.165, 1.54) is 9.80 Å². The van der Waals surface area contributed by atoms with Crippen LogP contribution in [0.3, 0.4) is 0 Å². The van der Waals surface area contributed by atoms with Crippen molar-refractivity contribution in [3.63, 3.8) is 0 Å². The van der Waals surface area contributed by atoms with E-state index in [9.17, 15) is 4.79 Å².